The van der Waals surface area contributed by atoms with Gasteiger partial charge in [0.15, 0.2) is 17.3 Å². The topological polar surface area (TPSA) is 44.8 Å². The lowest BCUT2D eigenvalue weighted by molar-refractivity contribution is 0.0830. The van der Waals surface area contributed by atoms with Crippen LogP contribution in [0.4, 0.5) is 0 Å². The number of fused-ring (bicyclic) bond motifs is 1. The molecular weight excluding hydrogens is 280 g/mol. The van der Waals surface area contributed by atoms with E-state index in [4.69, 9.17) is 14.2 Å². The minimum Gasteiger partial charge on any atom is -0.493 e. The Hall–Kier alpha value is -2.49. The third kappa shape index (κ3) is 2.64. The quantitative estimate of drug-likeness (QED) is 0.870. The summed E-state index contributed by atoms with van der Waals surface area (Å²) in [4.78, 5) is 12.6. The Morgan fingerprint density at radius 2 is 1.86 bits per heavy atom. The average molecular weight is 298 g/mol. The highest BCUT2D eigenvalue weighted by atomic mass is 16.5. The van der Waals surface area contributed by atoms with E-state index >= 15 is 0 Å². The van der Waals surface area contributed by atoms with E-state index in [0.29, 0.717) is 35.8 Å². The Bertz CT molecular complexity index is 693. The number of carbonyl (C=O) groups excluding carboxylic acids is 1. The monoisotopic (exact) mass is 298 g/mol. The van der Waals surface area contributed by atoms with Crippen LogP contribution in [0.1, 0.15) is 15.9 Å². The molecule has 22 heavy (non-hydrogen) atoms. The lowest BCUT2D eigenvalue weighted by Crippen LogP contribution is -2.29. The molecule has 1 atom stereocenters. The van der Waals surface area contributed by atoms with Gasteiger partial charge in [-0.2, -0.15) is 0 Å². The molecule has 0 saturated carbocycles. The van der Waals surface area contributed by atoms with Gasteiger partial charge in [0, 0.05) is 0 Å². The molecule has 1 aliphatic heterocycles. The zero-order chi connectivity index (χ0) is 15.5. The molecule has 0 saturated heterocycles. The average Bonchev–Trinajstić information content (AvgIpc) is 2.57. The SMILES string of the molecule is COc1ccc(CC2COc3ccccc3C2=O)cc1OC. The minimum atomic E-state index is -0.173. The highest BCUT2D eigenvalue weighted by molar-refractivity contribution is 6.01. The van der Waals surface area contributed by atoms with E-state index in [0.717, 1.165) is 5.56 Å². The Kier molecular flexibility index (Phi) is 4.00. The molecule has 0 fully saturated rings. The largest absolute Gasteiger partial charge is 0.493 e. The van der Waals surface area contributed by atoms with Gasteiger partial charge in [-0.05, 0) is 36.2 Å². The second-order valence-electron chi connectivity index (χ2n) is 5.26. The number of ketones is 1. The minimum absolute atomic E-state index is 0.136. The highest BCUT2D eigenvalue weighted by Gasteiger charge is 2.28. The second kappa shape index (κ2) is 6.10. The first kappa shape index (κ1) is 14.4. The van der Waals surface area contributed by atoms with Crippen molar-refractivity contribution in [2.45, 2.75) is 6.42 Å². The van der Waals surface area contributed by atoms with Crippen molar-refractivity contribution in [1.82, 2.24) is 0 Å². The van der Waals surface area contributed by atoms with Gasteiger partial charge in [0.05, 0.1) is 32.3 Å². The number of Topliss-reactive ketones (excluding diaryl/α,β-unsaturated/α-hetero) is 1. The molecule has 0 N–H and O–H groups in total. The van der Waals surface area contributed by atoms with Gasteiger partial charge >= 0.3 is 0 Å². The summed E-state index contributed by atoms with van der Waals surface area (Å²) in [7, 11) is 3.21. The Morgan fingerprint density at radius 1 is 1.09 bits per heavy atom. The van der Waals surface area contributed by atoms with Gasteiger partial charge in [-0.1, -0.05) is 18.2 Å². The molecule has 0 radical (unpaired) electrons. The van der Waals surface area contributed by atoms with Crippen LogP contribution in [0.15, 0.2) is 42.5 Å². The molecule has 4 nitrogen and oxygen atoms in total. The number of ether oxygens (including phenoxy) is 3. The first-order valence-electron chi connectivity index (χ1n) is 7.20. The first-order valence-corrected chi connectivity index (χ1v) is 7.20. The lowest BCUT2D eigenvalue weighted by atomic mass is 9.89. The van der Waals surface area contributed by atoms with Crippen molar-refractivity contribution in [3.8, 4) is 17.2 Å². The summed E-state index contributed by atoms with van der Waals surface area (Å²) >= 11 is 0. The van der Waals surface area contributed by atoms with Crippen molar-refractivity contribution < 1.29 is 19.0 Å². The van der Waals surface area contributed by atoms with Crippen LogP contribution in [0, 0.1) is 5.92 Å². The molecule has 3 rings (SSSR count). The van der Waals surface area contributed by atoms with Crippen molar-refractivity contribution in [1.29, 1.82) is 0 Å². The summed E-state index contributed by atoms with van der Waals surface area (Å²) in [6.45, 7) is 0.407. The van der Waals surface area contributed by atoms with Crippen LogP contribution in [-0.4, -0.2) is 26.6 Å². The molecule has 0 aromatic heterocycles. The third-order valence-corrected chi connectivity index (χ3v) is 3.89. The maximum Gasteiger partial charge on any atom is 0.173 e. The molecule has 2 aromatic carbocycles. The smallest absolute Gasteiger partial charge is 0.173 e. The number of rotatable bonds is 4. The van der Waals surface area contributed by atoms with Crippen molar-refractivity contribution in [2.24, 2.45) is 5.92 Å². The number of para-hydroxylation sites is 1. The molecule has 4 heteroatoms. The summed E-state index contributed by atoms with van der Waals surface area (Å²) in [5.41, 5.74) is 1.69. The lowest BCUT2D eigenvalue weighted by Gasteiger charge is -2.24. The standard InChI is InChI=1S/C18H18O4/c1-20-16-8-7-12(10-17(16)21-2)9-13-11-22-15-6-4-3-5-14(15)18(13)19/h3-8,10,13H,9,11H2,1-2H3. The van der Waals surface area contributed by atoms with Gasteiger partial charge < -0.3 is 14.2 Å². The highest BCUT2D eigenvalue weighted by Crippen LogP contribution is 2.31. The molecule has 2 aromatic rings. The van der Waals surface area contributed by atoms with Crippen molar-refractivity contribution in [3.05, 3.63) is 53.6 Å². The van der Waals surface area contributed by atoms with Gasteiger partial charge in [-0.3, -0.25) is 4.79 Å². The van der Waals surface area contributed by atoms with E-state index in [1.54, 1.807) is 14.2 Å². The summed E-state index contributed by atoms with van der Waals surface area (Å²) < 4.78 is 16.2. The Balaban J connectivity index is 1.81. The van der Waals surface area contributed by atoms with Crippen LogP contribution in [-0.2, 0) is 6.42 Å². The number of carbonyl (C=O) groups is 1. The van der Waals surface area contributed by atoms with Crippen LogP contribution < -0.4 is 14.2 Å². The van der Waals surface area contributed by atoms with Gasteiger partial charge in [0.1, 0.15) is 5.75 Å². The van der Waals surface area contributed by atoms with Gasteiger partial charge in [-0.25, -0.2) is 0 Å². The van der Waals surface area contributed by atoms with Gasteiger partial charge in [0.2, 0.25) is 0 Å². The molecule has 114 valence electrons. The van der Waals surface area contributed by atoms with Crippen molar-refractivity contribution in [2.75, 3.05) is 20.8 Å². The predicted octanol–water partition coefficient (Wildman–Crippen LogP) is 3.14. The van der Waals surface area contributed by atoms with Crippen molar-refractivity contribution >= 4 is 5.78 Å². The van der Waals surface area contributed by atoms with Crippen LogP contribution in [0.25, 0.3) is 0 Å². The van der Waals surface area contributed by atoms with Gasteiger partial charge in [0.25, 0.3) is 0 Å². The number of benzene rings is 2. The fraction of sp³-hybridized carbons (Fsp3) is 0.278. The van der Waals surface area contributed by atoms with Crippen LogP contribution >= 0.6 is 0 Å². The van der Waals surface area contributed by atoms with E-state index in [9.17, 15) is 4.79 Å². The van der Waals surface area contributed by atoms with E-state index in [1.807, 2.05) is 42.5 Å². The second-order valence-corrected chi connectivity index (χ2v) is 5.26. The third-order valence-electron chi connectivity index (χ3n) is 3.89. The normalized spacial score (nSPS) is 16.6. The molecule has 1 unspecified atom stereocenters. The van der Waals surface area contributed by atoms with Gasteiger partial charge in [-0.15, -0.1) is 0 Å². The molecule has 1 heterocycles. The Labute approximate surface area is 129 Å². The van der Waals surface area contributed by atoms with E-state index in [1.165, 1.54) is 0 Å². The molecule has 0 bridgehead atoms. The van der Waals surface area contributed by atoms with E-state index < -0.39 is 0 Å². The summed E-state index contributed by atoms with van der Waals surface area (Å²) in [5, 5.41) is 0. The van der Waals surface area contributed by atoms with E-state index in [-0.39, 0.29) is 11.7 Å². The molecule has 1 aliphatic rings. The summed E-state index contributed by atoms with van der Waals surface area (Å²) in [6.07, 6.45) is 0.619. The molecule has 0 amide bonds. The summed E-state index contributed by atoms with van der Waals surface area (Å²) in [6, 6.07) is 13.1. The zero-order valence-corrected chi connectivity index (χ0v) is 12.7. The fourth-order valence-corrected chi connectivity index (χ4v) is 2.73. The number of hydrogen-bond donors (Lipinski definition) is 0. The number of hydrogen-bond acceptors (Lipinski definition) is 4. The van der Waals surface area contributed by atoms with Crippen LogP contribution in [0.2, 0.25) is 0 Å². The molecule has 0 spiro atoms. The fourth-order valence-electron chi connectivity index (χ4n) is 2.73. The predicted molar refractivity (Wildman–Crippen MR) is 83.0 cm³/mol. The van der Waals surface area contributed by atoms with Crippen LogP contribution in [0.5, 0.6) is 17.2 Å². The number of methoxy groups -OCH3 is 2. The molecule has 0 aliphatic carbocycles. The maximum absolute atomic E-state index is 12.6. The Morgan fingerprint density at radius 3 is 2.64 bits per heavy atom. The van der Waals surface area contributed by atoms with Crippen LogP contribution in [0.3, 0.4) is 0 Å². The zero-order valence-electron chi connectivity index (χ0n) is 12.7. The van der Waals surface area contributed by atoms with Crippen molar-refractivity contribution in [3.63, 3.8) is 0 Å². The molecular formula is C18H18O4. The first-order chi connectivity index (χ1) is 10.7. The summed E-state index contributed by atoms with van der Waals surface area (Å²) in [5.74, 6) is 1.99. The maximum atomic E-state index is 12.6. The van der Waals surface area contributed by atoms with E-state index in [2.05, 4.69) is 0 Å².